The van der Waals surface area contributed by atoms with Gasteiger partial charge in [-0.25, -0.2) is 8.78 Å². The number of halogens is 3. The van der Waals surface area contributed by atoms with E-state index in [0.717, 1.165) is 4.47 Å². The predicted molar refractivity (Wildman–Crippen MR) is 93.9 cm³/mol. The van der Waals surface area contributed by atoms with Crippen molar-refractivity contribution in [2.75, 3.05) is 0 Å². The van der Waals surface area contributed by atoms with Crippen molar-refractivity contribution >= 4 is 33.9 Å². The fourth-order valence-corrected chi connectivity index (χ4v) is 4.41. The van der Waals surface area contributed by atoms with Gasteiger partial charge in [0, 0.05) is 28.9 Å². The number of carbonyl (C=O) groups is 2. The van der Waals surface area contributed by atoms with Crippen molar-refractivity contribution in [3.05, 3.63) is 34.6 Å². The Morgan fingerprint density at radius 2 is 2.12 bits per heavy atom. The smallest absolute Gasteiger partial charge is 0.322 e. The molecule has 1 aromatic heterocycles. The van der Waals surface area contributed by atoms with Gasteiger partial charge >= 0.3 is 5.97 Å². The highest BCUT2D eigenvalue weighted by molar-refractivity contribution is 9.10. The number of amides is 1. The summed E-state index contributed by atoms with van der Waals surface area (Å²) in [6.45, 7) is 3.03. The molecule has 2 fully saturated rings. The van der Waals surface area contributed by atoms with E-state index >= 15 is 0 Å². The number of nitrogens with two attached hydrogens (primary N) is 1. The molecular formula is C18H19BrF2N2O3. The van der Waals surface area contributed by atoms with Crippen LogP contribution in [0.5, 0.6) is 0 Å². The number of primary amides is 1. The van der Waals surface area contributed by atoms with Crippen molar-refractivity contribution in [2.24, 2.45) is 28.9 Å². The number of pyridine rings is 1. The molecule has 26 heavy (non-hydrogen) atoms. The minimum absolute atomic E-state index is 0.580. The van der Waals surface area contributed by atoms with Crippen LogP contribution in [0.2, 0.25) is 0 Å². The average Bonchev–Trinajstić information content (AvgIpc) is 2.80. The molecule has 5 atom stereocenters. The minimum atomic E-state index is -3.23. The van der Waals surface area contributed by atoms with Crippen LogP contribution in [0.4, 0.5) is 8.78 Å². The van der Waals surface area contributed by atoms with Gasteiger partial charge in [-0.3, -0.25) is 14.6 Å². The highest BCUT2D eigenvalue weighted by Crippen LogP contribution is 2.59. The van der Waals surface area contributed by atoms with Gasteiger partial charge in [-0.05, 0) is 47.0 Å². The number of hydrogen-bond acceptors (Lipinski definition) is 4. The van der Waals surface area contributed by atoms with Crippen LogP contribution in [0.3, 0.4) is 0 Å². The maximum Gasteiger partial charge on any atom is 0.322 e. The number of fused-ring (bicyclic) bond motifs is 1. The van der Waals surface area contributed by atoms with Gasteiger partial charge in [0.25, 0.3) is 5.92 Å². The summed E-state index contributed by atoms with van der Waals surface area (Å²) in [5.74, 6) is -7.81. The van der Waals surface area contributed by atoms with Gasteiger partial charge in [0.1, 0.15) is 6.10 Å². The zero-order valence-corrected chi connectivity index (χ0v) is 15.9. The molecule has 1 aliphatic carbocycles. The second kappa shape index (κ2) is 6.40. The molecule has 0 unspecified atom stereocenters. The zero-order chi connectivity index (χ0) is 19.3. The number of alkyl halides is 2. The molecule has 0 bridgehead atoms. The number of allylic oxidation sites excluding steroid dienone is 1. The van der Waals surface area contributed by atoms with Crippen molar-refractivity contribution in [1.82, 2.24) is 4.98 Å². The first-order valence-electron chi connectivity index (χ1n) is 8.28. The second-order valence-corrected chi connectivity index (χ2v) is 7.95. The summed E-state index contributed by atoms with van der Waals surface area (Å²) in [5, 5.41) is 0. The van der Waals surface area contributed by atoms with Crippen LogP contribution in [0.25, 0.3) is 6.08 Å². The van der Waals surface area contributed by atoms with Gasteiger partial charge in [-0.1, -0.05) is 13.0 Å². The van der Waals surface area contributed by atoms with Crippen LogP contribution < -0.4 is 5.73 Å². The van der Waals surface area contributed by atoms with Crippen LogP contribution in [0, 0.1) is 23.2 Å². The van der Waals surface area contributed by atoms with Crippen LogP contribution in [0.15, 0.2) is 28.9 Å². The molecule has 0 radical (unpaired) electrons. The van der Waals surface area contributed by atoms with E-state index in [1.807, 2.05) is 0 Å². The second-order valence-electron chi connectivity index (χ2n) is 7.04. The minimum Gasteiger partial charge on any atom is -0.461 e. The van der Waals surface area contributed by atoms with Gasteiger partial charge in [-0.2, -0.15) is 0 Å². The van der Waals surface area contributed by atoms with Crippen molar-refractivity contribution in [3.63, 3.8) is 0 Å². The molecule has 1 saturated carbocycles. The number of esters is 1. The summed E-state index contributed by atoms with van der Waals surface area (Å²) in [4.78, 5) is 28.6. The summed E-state index contributed by atoms with van der Waals surface area (Å²) < 4.78 is 35.4. The molecule has 140 valence electrons. The van der Waals surface area contributed by atoms with Crippen LogP contribution in [-0.4, -0.2) is 28.9 Å². The Kier molecular flexibility index (Phi) is 4.67. The maximum absolute atomic E-state index is 14.7. The number of nitrogens with zero attached hydrogens (tertiary/aromatic N) is 1. The largest absolute Gasteiger partial charge is 0.461 e. The summed E-state index contributed by atoms with van der Waals surface area (Å²) in [7, 11) is 0. The lowest BCUT2D eigenvalue weighted by Gasteiger charge is -2.46. The van der Waals surface area contributed by atoms with Gasteiger partial charge in [0.2, 0.25) is 5.91 Å². The van der Waals surface area contributed by atoms with E-state index in [2.05, 4.69) is 20.9 Å². The number of aromatic nitrogens is 1. The molecule has 0 aromatic carbocycles. The van der Waals surface area contributed by atoms with Gasteiger partial charge in [-0.15, -0.1) is 0 Å². The lowest BCUT2D eigenvalue weighted by Crippen LogP contribution is -2.58. The SMILES string of the molecule is C[C@H]1OC(=O)[C@]2(C(N)=O)CC(F)(F)[C@@H](C)[C@H](C=Cc3ccc(Br)cn3)[C@H]12. The van der Waals surface area contributed by atoms with Crippen LogP contribution in [0.1, 0.15) is 26.0 Å². The topological polar surface area (TPSA) is 82.3 Å². The van der Waals surface area contributed by atoms with Crippen LogP contribution in [-0.2, 0) is 14.3 Å². The first-order valence-corrected chi connectivity index (χ1v) is 9.07. The van der Waals surface area contributed by atoms with E-state index in [4.69, 9.17) is 10.5 Å². The third-order valence-corrected chi connectivity index (χ3v) is 6.05. The van der Waals surface area contributed by atoms with E-state index in [9.17, 15) is 18.4 Å². The number of ether oxygens (including phenoxy) is 1. The van der Waals surface area contributed by atoms with Crippen molar-refractivity contribution in [2.45, 2.75) is 32.3 Å². The fourth-order valence-electron chi connectivity index (χ4n) is 4.17. The Morgan fingerprint density at radius 1 is 1.42 bits per heavy atom. The lowest BCUT2D eigenvalue weighted by atomic mass is 9.56. The van der Waals surface area contributed by atoms with Gasteiger partial charge in [0.05, 0.1) is 5.69 Å². The molecule has 1 amide bonds. The number of carbonyl (C=O) groups excluding carboxylic acids is 2. The van der Waals surface area contributed by atoms with Crippen LogP contribution >= 0.6 is 15.9 Å². The Bertz CT molecular complexity index is 768. The summed E-state index contributed by atoms with van der Waals surface area (Å²) >= 11 is 3.28. The molecule has 1 saturated heterocycles. The predicted octanol–water partition coefficient (Wildman–Crippen LogP) is 3.18. The normalized spacial score (nSPS) is 36.0. The van der Waals surface area contributed by atoms with Gasteiger partial charge in [0.15, 0.2) is 5.41 Å². The van der Waals surface area contributed by atoms with Crippen molar-refractivity contribution < 1.29 is 23.1 Å². The van der Waals surface area contributed by atoms with E-state index in [-0.39, 0.29) is 0 Å². The Hall–Kier alpha value is -1.83. The Balaban J connectivity index is 2.05. The van der Waals surface area contributed by atoms with Gasteiger partial charge < -0.3 is 10.5 Å². The summed E-state index contributed by atoms with van der Waals surface area (Å²) in [5.41, 5.74) is 4.01. The zero-order valence-electron chi connectivity index (χ0n) is 14.3. The lowest BCUT2D eigenvalue weighted by molar-refractivity contribution is -0.177. The molecule has 0 spiro atoms. The van der Waals surface area contributed by atoms with Crippen molar-refractivity contribution in [1.29, 1.82) is 0 Å². The van der Waals surface area contributed by atoms with Crippen molar-refractivity contribution in [3.8, 4) is 0 Å². The standard InChI is InChI=1S/C18H19BrF2N2O3/c1-9-13(6-5-12-4-3-11(19)7-23-12)14-10(2)26-16(25)17(14,15(22)24)8-18(9,20)21/h3-7,9-10,13-14H,8H2,1-2H3,(H2,22,24)/t9-,10+,13-,14-,17+/m0/s1. The molecule has 2 N–H and O–H groups in total. The Morgan fingerprint density at radius 3 is 2.69 bits per heavy atom. The van der Waals surface area contributed by atoms with E-state index < -0.39 is 53.5 Å². The molecular weight excluding hydrogens is 410 g/mol. The van der Waals surface area contributed by atoms with E-state index in [1.165, 1.54) is 6.92 Å². The third-order valence-electron chi connectivity index (χ3n) is 5.58. The average molecular weight is 429 g/mol. The highest BCUT2D eigenvalue weighted by Gasteiger charge is 2.70. The first kappa shape index (κ1) is 18.9. The fraction of sp³-hybridized carbons (Fsp3) is 0.500. The quantitative estimate of drug-likeness (QED) is 0.591. The molecule has 1 aromatic rings. The number of rotatable bonds is 3. The first-order chi connectivity index (χ1) is 12.1. The molecule has 1 aliphatic heterocycles. The summed E-state index contributed by atoms with van der Waals surface area (Å²) in [6, 6.07) is 3.51. The Labute approximate surface area is 158 Å². The molecule has 5 nitrogen and oxygen atoms in total. The maximum atomic E-state index is 14.7. The molecule has 2 heterocycles. The molecule has 2 aliphatic rings. The number of hydrogen-bond donors (Lipinski definition) is 1. The number of cyclic esters (lactones) is 1. The third kappa shape index (κ3) is 2.84. The monoisotopic (exact) mass is 428 g/mol. The van der Waals surface area contributed by atoms with E-state index in [1.54, 1.807) is 37.4 Å². The molecule has 8 heteroatoms. The summed E-state index contributed by atoms with van der Waals surface area (Å²) in [6.07, 6.45) is 3.22. The highest BCUT2D eigenvalue weighted by atomic mass is 79.9. The molecule has 3 rings (SSSR count). The van der Waals surface area contributed by atoms with E-state index in [0.29, 0.717) is 5.69 Å².